The van der Waals surface area contributed by atoms with Crippen LogP contribution in [0.3, 0.4) is 0 Å². The fourth-order valence-electron chi connectivity index (χ4n) is 1.45. The van der Waals surface area contributed by atoms with Crippen LogP contribution in [0.15, 0.2) is 36.9 Å². The van der Waals surface area contributed by atoms with Gasteiger partial charge in [-0.25, -0.2) is 9.97 Å². The van der Waals surface area contributed by atoms with Gasteiger partial charge in [0.15, 0.2) is 0 Å². The molecule has 6 nitrogen and oxygen atoms in total. The number of nitrogens with zero attached hydrogens (tertiary/aromatic N) is 3. The average molecular weight is 243 g/mol. The van der Waals surface area contributed by atoms with Crippen molar-refractivity contribution in [2.75, 3.05) is 17.2 Å². The third-order valence-corrected chi connectivity index (χ3v) is 2.22. The van der Waals surface area contributed by atoms with Crippen LogP contribution in [0.4, 0.5) is 11.6 Å². The van der Waals surface area contributed by atoms with E-state index in [1.165, 1.54) is 6.20 Å². The number of rotatable bonds is 4. The van der Waals surface area contributed by atoms with Gasteiger partial charge in [0.2, 0.25) is 5.95 Å². The molecule has 0 radical (unpaired) electrons. The maximum atomic E-state index is 12.0. The molecule has 2 rings (SSSR count). The second-order valence-corrected chi connectivity index (χ2v) is 3.48. The first-order valence-electron chi connectivity index (χ1n) is 5.57. The van der Waals surface area contributed by atoms with Crippen LogP contribution >= 0.6 is 0 Å². The predicted molar refractivity (Wildman–Crippen MR) is 68.4 cm³/mol. The maximum Gasteiger partial charge on any atom is 0.261 e. The van der Waals surface area contributed by atoms with E-state index in [2.05, 4.69) is 25.6 Å². The summed E-state index contributed by atoms with van der Waals surface area (Å²) >= 11 is 0. The number of amides is 1. The van der Waals surface area contributed by atoms with Crippen molar-refractivity contribution in [1.82, 2.24) is 15.0 Å². The molecule has 0 unspecified atom stereocenters. The smallest absolute Gasteiger partial charge is 0.261 e. The SMILES string of the molecule is CCNc1ccncc1C(=O)Nc1ncccn1. The lowest BCUT2D eigenvalue weighted by atomic mass is 10.2. The molecule has 6 heteroatoms. The van der Waals surface area contributed by atoms with Crippen LogP contribution in [0.1, 0.15) is 17.3 Å². The molecule has 0 aliphatic heterocycles. The Kier molecular flexibility index (Phi) is 3.80. The summed E-state index contributed by atoms with van der Waals surface area (Å²) in [5.74, 6) is -0.0148. The zero-order valence-electron chi connectivity index (χ0n) is 9.92. The van der Waals surface area contributed by atoms with Crippen LogP contribution in [-0.2, 0) is 0 Å². The van der Waals surface area contributed by atoms with E-state index in [-0.39, 0.29) is 11.9 Å². The molecule has 0 fully saturated rings. The van der Waals surface area contributed by atoms with Gasteiger partial charge >= 0.3 is 0 Å². The topological polar surface area (TPSA) is 79.8 Å². The van der Waals surface area contributed by atoms with E-state index >= 15 is 0 Å². The van der Waals surface area contributed by atoms with Gasteiger partial charge in [0, 0.05) is 31.3 Å². The van der Waals surface area contributed by atoms with Gasteiger partial charge in [-0.05, 0) is 19.1 Å². The Morgan fingerprint density at radius 1 is 1.28 bits per heavy atom. The average Bonchev–Trinajstić information content (AvgIpc) is 2.41. The minimum Gasteiger partial charge on any atom is -0.385 e. The molecule has 0 atom stereocenters. The van der Waals surface area contributed by atoms with Crippen molar-refractivity contribution < 1.29 is 4.79 Å². The van der Waals surface area contributed by atoms with Crippen molar-refractivity contribution in [2.24, 2.45) is 0 Å². The number of hydrogen-bond acceptors (Lipinski definition) is 5. The highest BCUT2D eigenvalue weighted by molar-refractivity contribution is 6.06. The Morgan fingerprint density at radius 3 is 2.78 bits per heavy atom. The second-order valence-electron chi connectivity index (χ2n) is 3.48. The van der Waals surface area contributed by atoms with Crippen LogP contribution in [0.5, 0.6) is 0 Å². The number of pyridine rings is 1. The maximum absolute atomic E-state index is 12.0. The minimum atomic E-state index is -0.287. The molecule has 2 aromatic rings. The van der Waals surface area contributed by atoms with Gasteiger partial charge in [0.05, 0.1) is 11.3 Å². The fourth-order valence-corrected chi connectivity index (χ4v) is 1.45. The standard InChI is InChI=1S/C12H13N5O/c1-2-14-10-4-7-13-8-9(10)11(18)17-12-15-5-3-6-16-12/h3-8H,2H2,1H3,(H,13,14)(H,15,16,17,18). The monoisotopic (exact) mass is 243 g/mol. The normalized spacial score (nSPS) is 9.83. The van der Waals surface area contributed by atoms with E-state index in [0.717, 1.165) is 12.2 Å². The van der Waals surface area contributed by atoms with Crippen LogP contribution < -0.4 is 10.6 Å². The van der Waals surface area contributed by atoms with Crippen molar-refractivity contribution >= 4 is 17.5 Å². The highest BCUT2D eigenvalue weighted by Gasteiger charge is 2.12. The lowest BCUT2D eigenvalue weighted by molar-refractivity contribution is 0.102. The summed E-state index contributed by atoms with van der Waals surface area (Å²) in [6, 6.07) is 3.44. The molecule has 0 aromatic carbocycles. The predicted octanol–water partition coefficient (Wildman–Crippen LogP) is 1.56. The molecule has 1 amide bonds. The third-order valence-electron chi connectivity index (χ3n) is 2.22. The highest BCUT2D eigenvalue weighted by Crippen LogP contribution is 2.14. The summed E-state index contributed by atoms with van der Waals surface area (Å²) in [4.78, 5) is 23.9. The number of nitrogens with one attached hydrogen (secondary N) is 2. The number of carbonyl (C=O) groups excluding carboxylic acids is 1. The Morgan fingerprint density at radius 2 is 2.06 bits per heavy atom. The molecule has 2 N–H and O–H groups in total. The number of aromatic nitrogens is 3. The Balaban J connectivity index is 2.19. The van der Waals surface area contributed by atoms with Gasteiger partial charge in [-0.2, -0.15) is 0 Å². The zero-order chi connectivity index (χ0) is 12.8. The van der Waals surface area contributed by atoms with E-state index in [0.29, 0.717) is 5.56 Å². The molecule has 0 aliphatic rings. The van der Waals surface area contributed by atoms with Crippen LogP contribution in [-0.4, -0.2) is 27.4 Å². The Labute approximate surface area is 105 Å². The van der Waals surface area contributed by atoms with E-state index in [1.54, 1.807) is 30.7 Å². The van der Waals surface area contributed by atoms with Crippen LogP contribution in [0.25, 0.3) is 0 Å². The summed E-state index contributed by atoms with van der Waals surface area (Å²) in [7, 11) is 0. The van der Waals surface area contributed by atoms with E-state index in [9.17, 15) is 4.79 Å². The summed E-state index contributed by atoms with van der Waals surface area (Å²) in [6.45, 7) is 2.69. The largest absolute Gasteiger partial charge is 0.385 e. The van der Waals surface area contributed by atoms with Gasteiger partial charge in [0.1, 0.15) is 0 Å². The van der Waals surface area contributed by atoms with Crippen molar-refractivity contribution in [1.29, 1.82) is 0 Å². The minimum absolute atomic E-state index is 0.272. The van der Waals surface area contributed by atoms with Crippen molar-refractivity contribution in [3.63, 3.8) is 0 Å². The van der Waals surface area contributed by atoms with Crippen LogP contribution in [0.2, 0.25) is 0 Å². The first-order chi connectivity index (χ1) is 8.81. The molecule has 0 bridgehead atoms. The molecule has 0 saturated heterocycles. The van der Waals surface area contributed by atoms with Crippen LogP contribution in [0, 0.1) is 0 Å². The molecule has 2 aromatic heterocycles. The third kappa shape index (κ3) is 2.79. The lowest BCUT2D eigenvalue weighted by Crippen LogP contribution is -2.16. The van der Waals surface area contributed by atoms with E-state index in [4.69, 9.17) is 0 Å². The molecular weight excluding hydrogens is 230 g/mol. The van der Waals surface area contributed by atoms with Gasteiger partial charge in [-0.3, -0.25) is 15.1 Å². The summed E-state index contributed by atoms with van der Waals surface area (Å²) in [5.41, 5.74) is 1.20. The molecule has 92 valence electrons. The summed E-state index contributed by atoms with van der Waals surface area (Å²) in [6.07, 6.45) is 6.28. The van der Waals surface area contributed by atoms with E-state index < -0.39 is 0 Å². The first-order valence-corrected chi connectivity index (χ1v) is 5.57. The van der Waals surface area contributed by atoms with Crippen molar-refractivity contribution in [3.8, 4) is 0 Å². The molecule has 0 spiro atoms. The van der Waals surface area contributed by atoms with Gasteiger partial charge in [-0.15, -0.1) is 0 Å². The number of anilines is 2. The quantitative estimate of drug-likeness (QED) is 0.851. The van der Waals surface area contributed by atoms with E-state index in [1.807, 2.05) is 6.92 Å². The molecular formula is C12H13N5O. The van der Waals surface area contributed by atoms with Gasteiger partial charge in [0.25, 0.3) is 5.91 Å². The molecule has 18 heavy (non-hydrogen) atoms. The number of hydrogen-bond donors (Lipinski definition) is 2. The fraction of sp³-hybridized carbons (Fsp3) is 0.167. The first kappa shape index (κ1) is 12.0. The Bertz CT molecular complexity index is 529. The molecule has 0 saturated carbocycles. The van der Waals surface area contributed by atoms with Crippen molar-refractivity contribution in [3.05, 3.63) is 42.5 Å². The number of carbonyl (C=O) groups is 1. The highest BCUT2D eigenvalue weighted by atomic mass is 16.1. The molecule has 2 heterocycles. The van der Waals surface area contributed by atoms with Crippen molar-refractivity contribution in [2.45, 2.75) is 6.92 Å². The summed E-state index contributed by atoms with van der Waals surface area (Å²) < 4.78 is 0. The summed E-state index contributed by atoms with van der Waals surface area (Å²) in [5, 5.41) is 5.72. The zero-order valence-corrected chi connectivity index (χ0v) is 9.92. The van der Waals surface area contributed by atoms with Gasteiger partial charge < -0.3 is 5.32 Å². The van der Waals surface area contributed by atoms with Gasteiger partial charge in [-0.1, -0.05) is 0 Å². The Hall–Kier alpha value is -2.50. The second kappa shape index (κ2) is 5.72. The molecule has 0 aliphatic carbocycles. The lowest BCUT2D eigenvalue weighted by Gasteiger charge is -2.09.